The summed E-state index contributed by atoms with van der Waals surface area (Å²) in [5.41, 5.74) is 2.89. The Morgan fingerprint density at radius 3 is 2.40 bits per heavy atom. The van der Waals surface area contributed by atoms with Crippen molar-refractivity contribution in [1.29, 1.82) is 0 Å². The molecule has 160 valence electrons. The van der Waals surface area contributed by atoms with Crippen molar-refractivity contribution in [3.63, 3.8) is 0 Å². The van der Waals surface area contributed by atoms with Gasteiger partial charge in [-0.15, -0.1) is 11.8 Å². The topological polar surface area (TPSA) is 49.4 Å². The van der Waals surface area contributed by atoms with E-state index >= 15 is 0 Å². The molecule has 0 bridgehead atoms. The van der Waals surface area contributed by atoms with Crippen molar-refractivity contribution in [2.75, 3.05) is 5.75 Å². The maximum absolute atomic E-state index is 13.4. The SMILES string of the molecule is Cc1ccccc1C(=O)N1[C@@H](C(=O)N[C@@H](C)CCc2ccccc2)CS[C@@H]1C(C)C. The van der Waals surface area contributed by atoms with Crippen molar-refractivity contribution in [2.45, 2.75) is 58.0 Å². The van der Waals surface area contributed by atoms with Crippen molar-refractivity contribution < 1.29 is 9.59 Å². The summed E-state index contributed by atoms with van der Waals surface area (Å²) in [7, 11) is 0. The lowest BCUT2D eigenvalue weighted by molar-refractivity contribution is -0.125. The molecule has 1 fully saturated rings. The normalized spacial score (nSPS) is 19.7. The Bertz CT molecular complexity index is 868. The first-order valence-corrected chi connectivity index (χ1v) is 11.8. The minimum atomic E-state index is -0.436. The van der Waals surface area contributed by atoms with E-state index in [1.54, 1.807) is 11.8 Å². The zero-order chi connectivity index (χ0) is 21.7. The fourth-order valence-corrected chi connectivity index (χ4v) is 5.37. The lowest BCUT2D eigenvalue weighted by Gasteiger charge is -2.32. The molecule has 30 heavy (non-hydrogen) atoms. The molecular formula is C25H32N2O2S. The number of carbonyl (C=O) groups excluding carboxylic acids is 2. The Kier molecular flexibility index (Phi) is 7.59. The number of thioether (sulfide) groups is 1. The van der Waals surface area contributed by atoms with Crippen LogP contribution in [0.25, 0.3) is 0 Å². The van der Waals surface area contributed by atoms with Gasteiger partial charge in [-0.3, -0.25) is 9.59 Å². The highest BCUT2D eigenvalue weighted by Crippen LogP contribution is 2.35. The quantitative estimate of drug-likeness (QED) is 0.703. The fourth-order valence-electron chi connectivity index (χ4n) is 3.89. The molecule has 1 aliphatic rings. The summed E-state index contributed by atoms with van der Waals surface area (Å²) < 4.78 is 0. The molecule has 4 nitrogen and oxygen atoms in total. The van der Waals surface area contributed by atoms with E-state index in [0.717, 1.165) is 18.4 Å². The van der Waals surface area contributed by atoms with Crippen LogP contribution in [-0.2, 0) is 11.2 Å². The smallest absolute Gasteiger partial charge is 0.255 e. The molecule has 0 spiro atoms. The van der Waals surface area contributed by atoms with Crippen molar-refractivity contribution >= 4 is 23.6 Å². The van der Waals surface area contributed by atoms with Crippen molar-refractivity contribution in [3.8, 4) is 0 Å². The van der Waals surface area contributed by atoms with Crippen LogP contribution in [0.2, 0.25) is 0 Å². The number of hydrogen-bond donors (Lipinski definition) is 1. The van der Waals surface area contributed by atoms with Crippen molar-refractivity contribution in [1.82, 2.24) is 10.2 Å². The van der Waals surface area contributed by atoms with Crippen LogP contribution in [0.4, 0.5) is 0 Å². The summed E-state index contributed by atoms with van der Waals surface area (Å²) in [6.07, 6.45) is 1.79. The van der Waals surface area contributed by atoms with Crippen LogP contribution >= 0.6 is 11.8 Å². The number of nitrogens with zero attached hydrogens (tertiary/aromatic N) is 1. The van der Waals surface area contributed by atoms with E-state index in [1.165, 1.54) is 5.56 Å². The van der Waals surface area contributed by atoms with Gasteiger partial charge in [0.05, 0.1) is 5.37 Å². The Hall–Kier alpha value is -2.27. The van der Waals surface area contributed by atoms with Crippen molar-refractivity contribution in [3.05, 3.63) is 71.3 Å². The largest absolute Gasteiger partial charge is 0.352 e. The lowest BCUT2D eigenvalue weighted by atomic mass is 10.0. The van der Waals surface area contributed by atoms with E-state index in [1.807, 2.05) is 61.2 Å². The molecule has 3 atom stereocenters. The molecule has 1 heterocycles. The van der Waals surface area contributed by atoms with Crippen LogP contribution in [-0.4, -0.2) is 39.9 Å². The predicted molar refractivity (Wildman–Crippen MR) is 125 cm³/mol. The highest BCUT2D eigenvalue weighted by atomic mass is 32.2. The summed E-state index contributed by atoms with van der Waals surface area (Å²) in [5.74, 6) is 0.816. The van der Waals surface area contributed by atoms with Gasteiger partial charge in [-0.1, -0.05) is 62.4 Å². The molecule has 0 aliphatic carbocycles. The molecule has 3 rings (SSSR count). The second-order valence-corrected chi connectivity index (χ2v) is 9.59. The fraction of sp³-hybridized carbons (Fsp3) is 0.440. The lowest BCUT2D eigenvalue weighted by Crippen LogP contribution is -2.52. The Balaban J connectivity index is 1.70. The molecule has 2 aromatic carbocycles. The van der Waals surface area contributed by atoms with E-state index in [-0.39, 0.29) is 29.1 Å². The van der Waals surface area contributed by atoms with Gasteiger partial charge in [0.25, 0.3) is 5.91 Å². The molecule has 2 amide bonds. The van der Waals surface area contributed by atoms with Gasteiger partial charge in [-0.05, 0) is 49.8 Å². The van der Waals surface area contributed by atoms with Gasteiger partial charge < -0.3 is 10.2 Å². The second-order valence-electron chi connectivity index (χ2n) is 8.44. The van der Waals surface area contributed by atoms with Gasteiger partial charge >= 0.3 is 0 Å². The maximum Gasteiger partial charge on any atom is 0.255 e. The van der Waals surface area contributed by atoms with Crippen LogP contribution < -0.4 is 5.32 Å². The first kappa shape index (κ1) is 22.4. The number of amides is 2. The van der Waals surface area contributed by atoms with Crippen LogP contribution in [0, 0.1) is 12.8 Å². The molecular weight excluding hydrogens is 392 g/mol. The van der Waals surface area contributed by atoms with Crippen LogP contribution in [0.1, 0.15) is 48.7 Å². The van der Waals surface area contributed by atoms with Crippen LogP contribution in [0.5, 0.6) is 0 Å². The molecule has 1 N–H and O–H groups in total. The summed E-state index contributed by atoms with van der Waals surface area (Å²) in [6, 6.07) is 17.5. The molecule has 0 aromatic heterocycles. The van der Waals surface area contributed by atoms with E-state index in [9.17, 15) is 9.59 Å². The van der Waals surface area contributed by atoms with E-state index < -0.39 is 6.04 Å². The number of rotatable bonds is 7. The summed E-state index contributed by atoms with van der Waals surface area (Å²) in [4.78, 5) is 28.4. The van der Waals surface area contributed by atoms with Gasteiger partial charge in [0.2, 0.25) is 5.91 Å². The average molecular weight is 425 g/mol. The van der Waals surface area contributed by atoms with Gasteiger partial charge in [0, 0.05) is 17.4 Å². The van der Waals surface area contributed by atoms with E-state index in [2.05, 4.69) is 31.3 Å². The molecule has 0 unspecified atom stereocenters. The highest BCUT2D eigenvalue weighted by Gasteiger charge is 2.43. The third-order valence-corrected chi connectivity index (χ3v) is 7.24. The molecule has 0 saturated carbocycles. The highest BCUT2D eigenvalue weighted by molar-refractivity contribution is 8.00. The molecule has 2 aromatic rings. The van der Waals surface area contributed by atoms with E-state index in [4.69, 9.17) is 0 Å². The first-order valence-electron chi connectivity index (χ1n) is 10.7. The predicted octanol–water partition coefficient (Wildman–Crippen LogP) is 4.67. The minimum absolute atomic E-state index is 0.00693. The number of aryl methyl sites for hydroxylation is 2. The Labute approximate surface area is 184 Å². The number of carbonyl (C=O) groups is 2. The number of benzene rings is 2. The third-order valence-electron chi connectivity index (χ3n) is 5.62. The Morgan fingerprint density at radius 1 is 1.07 bits per heavy atom. The van der Waals surface area contributed by atoms with Gasteiger partial charge in [-0.2, -0.15) is 0 Å². The zero-order valence-corrected chi connectivity index (χ0v) is 19.1. The van der Waals surface area contributed by atoms with Gasteiger partial charge in [0.1, 0.15) is 6.04 Å². The average Bonchev–Trinajstić information content (AvgIpc) is 3.18. The Morgan fingerprint density at radius 2 is 1.73 bits per heavy atom. The molecule has 5 heteroatoms. The van der Waals surface area contributed by atoms with Crippen molar-refractivity contribution in [2.24, 2.45) is 5.92 Å². The summed E-state index contributed by atoms with van der Waals surface area (Å²) >= 11 is 1.71. The van der Waals surface area contributed by atoms with E-state index in [0.29, 0.717) is 11.3 Å². The van der Waals surface area contributed by atoms with Crippen LogP contribution in [0.3, 0.4) is 0 Å². The standard InChI is InChI=1S/C25H32N2O2S/c1-17(2)25-27(24(29)21-13-9-8-10-18(21)3)22(16-30-25)23(28)26-19(4)14-15-20-11-6-5-7-12-20/h5-13,17,19,22,25H,14-16H2,1-4H3,(H,26,28)/t19-,22+,25+/m0/s1. The zero-order valence-electron chi connectivity index (χ0n) is 18.3. The molecule has 0 radical (unpaired) electrons. The second kappa shape index (κ2) is 10.2. The van der Waals surface area contributed by atoms with Crippen LogP contribution in [0.15, 0.2) is 54.6 Å². The maximum atomic E-state index is 13.4. The number of nitrogens with one attached hydrogen (secondary N) is 1. The van der Waals surface area contributed by atoms with Gasteiger partial charge in [-0.25, -0.2) is 0 Å². The third kappa shape index (κ3) is 5.25. The monoisotopic (exact) mass is 424 g/mol. The summed E-state index contributed by atoms with van der Waals surface area (Å²) in [5, 5.41) is 3.16. The minimum Gasteiger partial charge on any atom is -0.352 e. The summed E-state index contributed by atoms with van der Waals surface area (Å²) in [6.45, 7) is 8.20. The first-order chi connectivity index (χ1) is 14.4. The molecule has 1 saturated heterocycles. The van der Waals surface area contributed by atoms with Gasteiger partial charge in [0.15, 0.2) is 0 Å². The number of hydrogen-bond acceptors (Lipinski definition) is 3. The molecule has 1 aliphatic heterocycles.